The molecular formula is C16H23N3O2. The van der Waals surface area contributed by atoms with Gasteiger partial charge in [-0.05, 0) is 37.5 Å². The van der Waals surface area contributed by atoms with Gasteiger partial charge in [-0.25, -0.2) is 4.79 Å². The molecule has 1 N–H and O–H groups in total. The molecule has 1 spiro atoms. The van der Waals surface area contributed by atoms with E-state index in [1.165, 1.54) is 0 Å². The van der Waals surface area contributed by atoms with Gasteiger partial charge in [0.15, 0.2) is 0 Å². The molecule has 0 radical (unpaired) electrons. The van der Waals surface area contributed by atoms with Crippen molar-refractivity contribution in [3.8, 4) is 12.3 Å². The summed E-state index contributed by atoms with van der Waals surface area (Å²) >= 11 is 0. The third-order valence-electron chi connectivity index (χ3n) is 5.29. The summed E-state index contributed by atoms with van der Waals surface area (Å²) < 4.78 is 0. The molecular weight excluding hydrogens is 266 g/mol. The monoisotopic (exact) mass is 289 g/mol. The van der Waals surface area contributed by atoms with Gasteiger partial charge in [-0.3, -0.25) is 4.79 Å². The molecule has 3 rings (SSSR count). The summed E-state index contributed by atoms with van der Waals surface area (Å²) in [6.45, 7) is 3.62. The molecule has 0 aromatic heterocycles. The number of carbonyl (C=O) groups is 2. The van der Waals surface area contributed by atoms with Crippen molar-refractivity contribution in [3.05, 3.63) is 0 Å². The molecule has 114 valence electrons. The van der Waals surface area contributed by atoms with Gasteiger partial charge in [0.25, 0.3) is 0 Å². The first-order valence-corrected chi connectivity index (χ1v) is 7.91. The molecule has 2 saturated heterocycles. The second-order valence-corrected chi connectivity index (χ2v) is 6.50. The van der Waals surface area contributed by atoms with Gasteiger partial charge < -0.3 is 15.1 Å². The molecule has 21 heavy (non-hydrogen) atoms. The third-order valence-corrected chi connectivity index (χ3v) is 5.29. The SMILES string of the molecule is C#CCNC(=O)N1CCC2(CC1)C[C@H]2C(=O)N1CCCC1. The maximum Gasteiger partial charge on any atom is 0.318 e. The average molecular weight is 289 g/mol. The first kappa shape index (κ1) is 14.2. The highest BCUT2D eigenvalue weighted by Crippen LogP contribution is 2.60. The molecule has 3 aliphatic rings. The van der Waals surface area contributed by atoms with E-state index in [0.717, 1.165) is 58.3 Å². The minimum Gasteiger partial charge on any atom is -0.342 e. The summed E-state index contributed by atoms with van der Waals surface area (Å²) in [5.74, 6) is 2.98. The number of terminal acetylenes is 1. The van der Waals surface area contributed by atoms with E-state index >= 15 is 0 Å². The Kier molecular flexibility index (Phi) is 3.79. The third kappa shape index (κ3) is 2.72. The summed E-state index contributed by atoms with van der Waals surface area (Å²) in [6.07, 6.45) is 10.3. The van der Waals surface area contributed by atoms with Gasteiger partial charge in [-0.15, -0.1) is 6.42 Å². The highest BCUT2D eigenvalue weighted by atomic mass is 16.2. The van der Waals surface area contributed by atoms with Gasteiger partial charge in [0, 0.05) is 32.1 Å². The summed E-state index contributed by atoms with van der Waals surface area (Å²) in [5, 5.41) is 2.70. The molecule has 1 atom stereocenters. The fourth-order valence-corrected chi connectivity index (χ4v) is 3.80. The van der Waals surface area contributed by atoms with Crippen molar-refractivity contribution in [3.63, 3.8) is 0 Å². The number of carbonyl (C=O) groups excluding carboxylic acids is 2. The van der Waals surface area contributed by atoms with Crippen molar-refractivity contribution in [2.45, 2.75) is 32.1 Å². The Morgan fingerprint density at radius 2 is 1.81 bits per heavy atom. The van der Waals surface area contributed by atoms with E-state index < -0.39 is 0 Å². The van der Waals surface area contributed by atoms with Crippen LogP contribution < -0.4 is 5.32 Å². The van der Waals surface area contributed by atoms with Crippen LogP contribution >= 0.6 is 0 Å². The van der Waals surface area contributed by atoms with Gasteiger partial charge in [0.05, 0.1) is 6.54 Å². The lowest BCUT2D eigenvalue weighted by Gasteiger charge is -2.33. The molecule has 5 heteroatoms. The van der Waals surface area contributed by atoms with E-state index in [1.807, 2.05) is 9.80 Å². The van der Waals surface area contributed by atoms with Crippen molar-refractivity contribution >= 4 is 11.9 Å². The van der Waals surface area contributed by atoms with Gasteiger partial charge >= 0.3 is 6.03 Å². The number of piperidine rings is 1. The van der Waals surface area contributed by atoms with Crippen LogP contribution in [0.3, 0.4) is 0 Å². The number of rotatable bonds is 2. The molecule has 3 amide bonds. The van der Waals surface area contributed by atoms with Crippen molar-refractivity contribution in [2.75, 3.05) is 32.7 Å². The predicted molar refractivity (Wildman–Crippen MR) is 79.4 cm³/mol. The lowest BCUT2D eigenvalue weighted by atomic mass is 9.90. The Labute approximate surface area is 126 Å². The van der Waals surface area contributed by atoms with Crippen LogP contribution in [0.2, 0.25) is 0 Å². The van der Waals surface area contributed by atoms with Gasteiger partial charge in [0.2, 0.25) is 5.91 Å². The Morgan fingerprint density at radius 3 is 2.43 bits per heavy atom. The largest absolute Gasteiger partial charge is 0.342 e. The average Bonchev–Trinajstić information content (AvgIpc) is 2.95. The Hall–Kier alpha value is -1.70. The second kappa shape index (κ2) is 5.59. The van der Waals surface area contributed by atoms with Crippen LogP contribution in [-0.4, -0.2) is 54.5 Å². The molecule has 0 aromatic carbocycles. The summed E-state index contributed by atoms with van der Waals surface area (Å²) in [6, 6.07) is -0.0779. The number of nitrogens with zero attached hydrogens (tertiary/aromatic N) is 2. The van der Waals surface area contributed by atoms with E-state index in [4.69, 9.17) is 6.42 Å². The topological polar surface area (TPSA) is 52.7 Å². The van der Waals surface area contributed by atoms with Gasteiger partial charge in [0.1, 0.15) is 0 Å². The van der Waals surface area contributed by atoms with Crippen molar-refractivity contribution < 1.29 is 9.59 Å². The fraction of sp³-hybridized carbons (Fsp3) is 0.750. The van der Waals surface area contributed by atoms with Crippen LogP contribution in [0.1, 0.15) is 32.1 Å². The highest BCUT2D eigenvalue weighted by Gasteiger charge is 2.59. The standard InChI is InChI=1S/C16H23N3O2/c1-2-7-17-15(21)19-10-5-16(6-11-19)12-13(16)14(20)18-8-3-4-9-18/h1,13H,3-12H2,(H,17,21)/t13-/m0/s1. The normalized spacial score (nSPS) is 26.5. The molecule has 2 heterocycles. The maximum atomic E-state index is 12.4. The van der Waals surface area contributed by atoms with E-state index in [1.54, 1.807) is 0 Å². The van der Waals surface area contributed by atoms with E-state index in [2.05, 4.69) is 11.2 Å². The fourth-order valence-electron chi connectivity index (χ4n) is 3.80. The molecule has 2 aliphatic heterocycles. The van der Waals surface area contributed by atoms with Crippen LogP contribution in [0, 0.1) is 23.7 Å². The molecule has 1 aliphatic carbocycles. The Morgan fingerprint density at radius 1 is 1.14 bits per heavy atom. The van der Waals surface area contributed by atoms with E-state index in [9.17, 15) is 9.59 Å². The zero-order valence-electron chi connectivity index (χ0n) is 12.4. The molecule has 0 aromatic rings. The molecule has 5 nitrogen and oxygen atoms in total. The molecule has 0 unspecified atom stereocenters. The van der Waals surface area contributed by atoms with Crippen LogP contribution in [0.15, 0.2) is 0 Å². The summed E-state index contributed by atoms with van der Waals surface area (Å²) in [5.41, 5.74) is 0.183. The van der Waals surface area contributed by atoms with E-state index in [-0.39, 0.29) is 23.9 Å². The smallest absolute Gasteiger partial charge is 0.318 e. The van der Waals surface area contributed by atoms with Crippen LogP contribution in [0.5, 0.6) is 0 Å². The number of amides is 3. The van der Waals surface area contributed by atoms with E-state index in [0.29, 0.717) is 5.91 Å². The van der Waals surface area contributed by atoms with Gasteiger partial charge in [-0.2, -0.15) is 0 Å². The quantitative estimate of drug-likeness (QED) is 0.773. The predicted octanol–water partition coefficient (Wildman–Crippen LogP) is 1.05. The highest BCUT2D eigenvalue weighted by molar-refractivity contribution is 5.83. The minimum atomic E-state index is -0.0779. The first-order chi connectivity index (χ1) is 10.2. The lowest BCUT2D eigenvalue weighted by molar-refractivity contribution is -0.132. The number of hydrogen-bond donors (Lipinski definition) is 1. The Bertz CT molecular complexity index is 468. The number of urea groups is 1. The number of likely N-dealkylation sites (tertiary alicyclic amines) is 2. The van der Waals surface area contributed by atoms with Crippen LogP contribution in [-0.2, 0) is 4.79 Å². The summed E-state index contributed by atoms with van der Waals surface area (Å²) in [4.78, 5) is 28.2. The number of nitrogens with one attached hydrogen (secondary N) is 1. The van der Waals surface area contributed by atoms with Crippen molar-refractivity contribution in [2.24, 2.45) is 11.3 Å². The Balaban J connectivity index is 1.49. The van der Waals surface area contributed by atoms with Gasteiger partial charge in [-0.1, -0.05) is 5.92 Å². The van der Waals surface area contributed by atoms with Crippen LogP contribution in [0.25, 0.3) is 0 Å². The minimum absolute atomic E-state index is 0.0779. The van der Waals surface area contributed by atoms with Crippen LogP contribution in [0.4, 0.5) is 4.79 Å². The zero-order valence-corrected chi connectivity index (χ0v) is 12.4. The molecule has 1 saturated carbocycles. The maximum absolute atomic E-state index is 12.4. The summed E-state index contributed by atoms with van der Waals surface area (Å²) in [7, 11) is 0. The molecule has 3 fully saturated rings. The lowest BCUT2D eigenvalue weighted by Crippen LogP contribution is -2.45. The molecule has 0 bridgehead atoms. The second-order valence-electron chi connectivity index (χ2n) is 6.50. The number of hydrogen-bond acceptors (Lipinski definition) is 2. The van der Waals surface area contributed by atoms with Crippen molar-refractivity contribution in [1.82, 2.24) is 15.1 Å². The van der Waals surface area contributed by atoms with Crippen molar-refractivity contribution in [1.29, 1.82) is 0 Å². The first-order valence-electron chi connectivity index (χ1n) is 7.91. The zero-order chi connectivity index (χ0) is 14.9.